The maximum Gasteiger partial charge on any atom is 0.255 e. The molecule has 0 aromatic rings. The highest BCUT2D eigenvalue weighted by Gasteiger charge is 2.35. The van der Waals surface area contributed by atoms with Gasteiger partial charge in [0.05, 0.1) is 6.54 Å². The first-order chi connectivity index (χ1) is 9.08. The molecule has 19 heavy (non-hydrogen) atoms. The molecule has 1 N–H and O–H groups in total. The summed E-state index contributed by atoms with van der Waals surface area (Å²) >= 11 is 0. The first kappa shape index (κ1) is 14.7. The van der Waals surface area contributed by atoms with E-state index in [2.05, 4.69) is 12.2 Å². The Morgan fingerprint density at radius 3 is 2.63 bits per heavy atom. The molecule has 2 unspecified atom stereocenters. The van der Waals surface area contributed by atoms with Crippen LogP contribution in [0, 0.1) is 11.8 Å². The molecule has 1 aliphatic carbocycles. The van der Waals surface area contributed by atoms with Crippen LogP contribution in [0.3, 0.4) is 0 Å². The average molecular weight is 274 g/mol. The van der Waals surface area contributed by atoms with Crippen LogP contribution in [0.1, 0.15) is 39.0 Å². The number of halogens is 2. The first-order valence-electron chi connectivity index (χ1n) is 7.36. The summed E-state index contributed by atoms with van der Waals surface area (Å²) in [5.74, 6) is 0.699. The third-order valence-electron chi connectivity index (χ3n) is 4.28. The molecule has 0 spiro atoms. The van der Waals surface area contributed by atoms with Crippen molar-refractivity contribution in [2.75, 3.05) is 19.6 Å². The van der Waals surface area contributed by atoms with Gasteiger partial charge in [0, 0.05) is 12.5 Å². The molecule has 5 heteroatoms. The van der Waals surface area contributed by atoms with Crippen molar-refractivity contribution in [3.8, 4) is 0 Å². The molecule has 1 saturated carbocycles. The second-order valence-electron chi connectivity index (χ2n) is 5.96. The molecule has 1 amide bonds. The molecular formula is C14H24F2N2O. The van der Waals surface area contributed by atoms with Gasteiger partial charge in [0.25, 0.3) is 6.43 Å². The number of hydrogen-bond acceptors (Lipinski definition) is 2. The van der Waals surface area contributed by atoms with Crippen LogP contribution in [0.15, 0.2) is 0 Å². The van der Waals surface area contributed by atoms with E-state index in [0.29, 0.717) is 12.3 Å². The van der Waals surface area contributed by atoms with E-state index in [1.54, 1.807) is 0 Å². The lowest BCUT2D eigenvalue weighted by atomic mass is 9.85. The Kier molecular flexibility index (Phi) is 5.13. The van der Waals surface area contributed by atoms with Gasteiger partial charge < -0.3 is 10.2 Å². The van der Waals surface area contributed by atoms with Crippen LogP contribution in [0.25, 0.3) is 0 Å². The van der Waals surface area contributed by atoms with Gasteiger partial charge in [0.2, 0.25) is 5.91 Å². The SMILES string of the molecule is CC(CC(=O)N(CC(F)F)C1CC1)C1CCCNC1. The summed E-state index contributed by atoms with van der Waals surface area (Å²) in [5, 5.41) is 3.34. The fourth-order valence-corrected chi connectivity index (χ4v) is 2.91. The highest BCUT2D eigenvalue weighted by atomic mass is 19.3. The number of hydrogen-bond donors (Lipinski definition) is 1. The van der Waals surface area contributed by atoms with Crippen molar-refractivity contribution < 1.29 is 13.6 Å². The number of piperidine rings is 1. The number of carbonyl (C=O) groups excluding carboxylic acids is 1. The zero-order chi connectivity index (χ0) is 13.8. The average Bonchev–Trinajstić information content (AvgIpc) is 3.21. The minimum atomic E-state index is -2.42. The van der Waals surface area contributed by atoms with E-state index in [4.69, 9.17) is 0 Å². The number of carbonyl (C=O) groups is 1. The molecular weight excluding hydrogens is 250 g/mol. The maximum absolute atomic E-state index is 12.5. The lowest BCUT2D eigenvalue weighted by Crippen LogP contribution is -2.40. The van der Waals surface area contributed by atoms with Gasteiger partial charge in [0.1, 0.15) is 0 Å². The molecule has 2 fully saturated rings. The van der Waals surface area contributed by atoms with Crippen molar-refractivity contribution in [2.24, 2.45) is 11.8 Å². The second kappa shape index (κ2) is 6.64. The van der Waals surface area contributed by atoms with E-state index in [9.17, 15) is 13.6 Å². The number of nitrogens with zero attached hydrogens (tertiary/aromatic N) is 1. The molecule has 0 aromatic heterocycles. The summed E-state index contributed by atoms with van der Waals surface area (Å²) in [5.41, 5.74) is 0. The van der Waals surface area contributed by atoms with Crippen LogP contribution in [-0.4, -0.2) is 42.9 Å². The van der Waals surface area contributed by atoms with Gasteiger partial charge in [-0.3, -0.25) is 4.79 Å². The highest BCUT2D eigenvalue weighted by Crippen LogP contribution is 2.30. The molecule has 2 aliphatic rings. The van der Waals surface area contributed by atoms with E-state index in [-0.39, 0.29) is 24.4 Å². The van der Waals surface area contributed by atoms with Crippen molar-refractivity contribution in [3.05, 3.63) is 0 Å². The third kappa shape index (κ3) is 4.41. The van der Waals surface area contributed by atoms with Crippen LogP contribution >= 0.6 is 0 Å². The smallest absolute Gasteiger partial charge is 0.255 e. The fourth-order valence-electron chi connectivity index (χ4n) is 2.91. The Balaban J connectivity index is 1.83. The fraction of sp³-hybridized carbons (Fsp3) is 0.929. The lowest BCUT2D eigenvalue weighted by Gasteiger charge is -2.30. The molecule has 0 bridgehead atoms. The van der Waals surface area contributed by atoms with E-state index < -0.39 is 6.43 Å². The van der Waals surface area contributed by atoms with Crippen LogP contribution in [0.5, 0.6) is 0 Å². The molecule has 3 nitrogen and oxygen atoms in total. The first-order valence-corrected chi connectivity index (χ1v) is 7.36. The summed E-state index contributed by atoms with van der Waals surface area (Å²) in [6, 6.07) is 0.0816. The molecule has 1 saturated heterocycles. The summed E-state index contributed by atoms with van der Waals surface area (Å²) in [7, 11) is 0. The van der Waals surface area contributed by atoms with Gasteiger partial charge in [-0.15, -0.1) is 0 Å². The van der Waals surface area contributed by atoms with Gasteiger partial charge in [-0.2, -0.15) is 0 Å². The molecule has 110 valence electrons. The van der Waals surface area contributed by atoms with Crippen molar-refractivity contribution >= 4 is 5.91 Å². The van der Waals surface area contributed by atoms with Crippen LogP contribution in [0.4, 0.5) is 8.78 Å². The molecule has 2 rings (SSSR count). The Morgan fingerprint density at radius 1 is 1.37 bits per heavy atom. The van der Waals surface area contributed by atoms with E-state index in [1.165, 1.54) is 4.90 Å². The number of rotatable bonds is 6. The number of alkyl halides is 2. The quantitative estimate of drug-likeness (QED) is 0.806. The maximum atomic E-state index is 12.5. The largest absolute Gasteiger partial charge is 0.334 e. The summed E-state index contributed by atoms with van der Waals surface area (Å²) < 4.78 is 25.0. The predicted octanol–water partition coefficient (Wildman–Crippen LogP) is 2.27. The highest BCUT2D eigenvalue weighted by molar-refractivity contribution is 5.77. The number of nitrogens with one attached hydrogen (secondary N) is 1. The van der Waals surface area contributed by atoms with Gasteiger partial charge in [0.15, 0.2) is 0 Å². The number of amides is 1. The molecule has 0 radical (unpaired) electrons. The minimum absolute atomic E-state index is 0.0816. The predicted molar refractivity (Wildman–Crippen MR) is 70.1 cm³/mol. The third-order valence-corrected chi connectivity index (χ3v) is 4.28. The standard InChI is InChI=1S/C14H24F2N2O/c1-10(11-3-2-6-17-8-11)7-14(19)18(9-13(15)16)12-4-5-12/h10-13,17H,2-9H2,1H3. The molecule has 1 heterocycles. The minimum Gasteiger partial charge on any atom is -0.334 e. The van der Waals surface area contributed by atoms with Crippen molar-refractivity contribution in [3.63, 3.8) is 0 Å². The van der Waals surface area contributed by atoms with E-state index in [0.717, 1.165) is 38.8 Å². The zero-order valence-electron chi connectivity index (χ0n) is 11.6. The second-order valence-corrected chi connectivity index (χ2v) is 5.96. The van der Waals surface area contributed by atoms with Gasteiger partial charge >= 0.3 is 0 Å². The van der Waals surface area contributed by atoms with E-state index in [1.807, 2.05) is 0 Å². The van der Waals surface area contributed by atoms with Gasteiger partial charge in [-0.1, -0.05) is 6.92 Å². The van der Waals surface area contributed by atoms with Gasteiger partial charge in [-0.25, -0.2) is 8.78 Å². The Hall–Kier alpha value is -0.710. The summed E-state index contributed by atoms with van der Waals surface area (Å²) in [6.45, 7) is 3.69. The van der Waals surface area contributed by atoms with Crippen molar-refractivity contribution in [1.82, 2.24) is 10.2 Å². The van der Waals surface area contributed by atoms with E-state index >= 15 is 0 Å². The monoisotopic (exact) mass is 274 g/mol. The zero-order valence-corrected chi connectivity index (χ0v) is 11.6. The topological polar surface area (TPSA) is 32.3 Å². The van der Waals surface area contributed by atoms with Crippen LogP contribution < -0.4 is 5.32 Å². The van der Waals surface area contributed by atoms with Gasteiger partial charge in [-0.05, 0) is 50.6 Å². The van der Waals surface area contributed by atoms with Crippen LogP contribution in [-0.2, 0) is 4.79 Å². The van der Waals surface area contributed by atoms with Crippen molar-refractivity contribution in [2.45, 2.75) is 51.5 Å². The summed E-state index contributed by atoms with van der Waals surface area (Å²) in [4.78, 5) is 13.6. The van der Waals surface area contributed by atoms with Crippen molar-refractivity contribution in [1.29, 1.82) is 0 Å². The summed E-state index contributed by atoms with van der Waals surface area (Å²) in [6.07, 6.45) is 2.05. The van der Waals surface area contributed by atoms with Crippen LogP contribution in [0.2, 0.25) is 0 Å². The normalized spacial score (nSPS) is 25.4. The Morgan fingerprint density at radius 2 is 2.11 bits per heavy atom. The molecule has 1 aliphatic heterocycles. The Labute approximate surface area is 113 Å². The Bertz CT molecular complexity index is 302. The molecule has 0 aromatic carbocycles. The lowest BCUT2D eigenvalue weighted by molar-refractivity contribution is -0.135. The molecule has 2 atom stereocenters.